The summed E-state index contributed by atoms with van der Waals surface area (Å²) in [6, 6.07) is 8.03. The fourth-order valence-electron chi connectivity index (χ4n) is 1.56. The molecule has 2 rings (SSSR count). The maximum atomic E-state index is 11.9. The highest BCUT2D eigenvalue weighted by Gasteiger charge is 2.10. The predicted octanol–water partition coefficient (Wildman–Crippen LogP) is 2.03. The van der Waals surface area contributed by atoms with E-state index < -0.39 is 0 Å². The number of amides is 1. The zero-order chi connectivity index (χ0) is 14.5. The number of rotatable bonds is 4. The summed E-state index contributed by atoms with van der Waals surface area (Å²) in [6.07, 6.45) is 0.00482. The molecule has 0 aliphatic rings. The van der Waals surface area contributed by atoms with Crippen LogP contribution in [0.5, 0.6) is 11.6 Å². The van der Waals surface area contributed by atoms with Crippen LogP contribution >= 0.6 is 11.6 Å². The van der Waals surface area contributed by atoms with Gasteiger partial charge in [0.25, 0.3) is 0 Å². The van der Waals surface area contributed by atoms with Crippen molar-refractivity contribution < 1.29 is 14.6 Å². The zero-order valence-corrected chi connectivity index (χ0v) is 11.4. The number of nitrogens with one attached hydrogen (secondary N) is 1. The summed E-state index contributed by atoms with van der Waals surface area (Å²) in [4.78, 5) is 19.7. The Morgan fingerprint density at radius 1 is 1.40 bits per heavy atom. The van der Waals surface area contributed by atoms with Crippen LogP contribution in [0.3, 0.4) is 0 Å². The van der Waals surface area contributed by atoms with Crippen LogP contribution in [0, 0.1) is 0 Å². The first kappa shape index (κ1) is 14.1. The number of phenolic OH excluding ortho intramolecular Hbond substituents is 1. The fourth-order valence-corrected chi connectivity index (χ4v) is 1.73. The van der Waals surface area contributed by atoms with Gasteiger partial charge < -0.3 is 9.84 Å². The zero-order valence-electron chi connectivity index (χ0n) is 10.6. The Hall–Kier alpha value is -2.34. The number of hydrogen-bond acceptors (Lipinski definition) is 5. The van der Waals surface area contributed by atoms with Crippen molar-refractivity contribution in [2.75, 3.05) is 12.4 Å². The Bertz CT molecular complexity index is 634. The van der Waals surface area contributed by atoms with E-state index >= 15 is 0 Å². The summed E-state index contributed by atoms with van der Waals surface area (Å²) in [5.74, 6) is 0.000641. The third-order valence-electron chi connectivity index (χ3n) is 2.47. The van der Waals surface area contributed by atoms with Gasteiger partial charge >= 0.3 is 0 Å². The van der Waals surface area contributed by atoms with Gasteiger partial charge in [-0.05, 0) is 6.07 Å². The van der Waals surface area contributed by atoms with Crippen LogP contribution in [0.2, 0.25) is 5.15 Å². The van der Waals surface area contributed by atoms with Crippen LogP contribution in [0.25, 0.3) is 0 Å². The summed E-state index contributed by atoms with van der Waals surface area (Å²) in [5.41, 5.74) is 0.513. The van der Waals surface area contributed by atoms with Crippen molar-refractivity contribution >= 4 is 23.5 Å². The van der Waals surface area contributed by atoms with E-state index in [2.05, 4.69) is 15.3 Å². The maximum absolute atomic E-state index is 11.9. The van der Waals surface area contributed by atoms with Gasteiger partial charge in [-0.2, -0.15) is 4.98 Å². The number of phenols is 1. The molecule has 0 aliphatic heterocycles. The number of anilines is 1. The highest BCUT2D eigenvalue weighted by Crippen LogP contribution is 2.18. The van der Waals surface area contributed by atoms with Crippen molar-refractivity contribution in [2.24, 2.45) is 0 Å². The number of nitrogens with zero attached hydrogens (tertiary/aromatic N) is 2. The molecular weight excluding hydrogens is 282 g/mol. The van der Waals surface area contributed by atoms with Crippen LogP contribution in [-0.2, 0) is 11.2 Å². The van der Waals surface area contributed by atoms with Crippen molar-refractivity contribution in [3.05, 3.63) is 41.0 Å². The van der Waals surface area contributed by atoms with Crippen molar-refractivity contribution in [3.63, 3.8) is 0 Å². The Labute approximate surface area is 120 Å². The lowest BCUT2D eigenvalue weighted by atomic mass is 10.1. The molecule has 7 heteroatoms. The highest BCUT2D eigenvalue weighted by atomic mass is 35.5. The quantitative estimate of drug-likeness (QED) is 0.843. The molecule has 0 atom stereocenters. The molecule has 0 spiro atoms. The van der Waals surface area contributed by atoms with Gasteiger partial charge in [0.15, 0.2) is 0 Å². The number of halogens is 1. The van der Waals surface area contributed by atoms with E-state index in [0.717, 1.165) is 0 Å². The summed E-state index contributed by atoms with van der Waals surface area (Å²) in [6.45, 7) is 0. The Morgan fingerprint density at radius 3 is 2.85 bits per heavy atom. The third-order valence-corrected chi connectivity index (χ3v) is 2.67. The molecule has 0 radical (unpaired) electrons. The van der Waals surface area contributed by atoms with Gasteiger partial charge in [0.1, 0.15) is 10.9 Å². The van der Waals surface area contributed by atoms with E-state index in [9.17, 15) is 9.90 Å². The molecule has 1 amide bonds. The van der Waals surface area contributed by atoms with Gasteiger partial charge in [-0.3, -0.25) is 10.1 Å². The van der Waals surface area contributed by atoms with Crippen LogP contribution in [0.15, 0.2) is 30.3 Å². The molecule has 0 fully saturated rings. The number of carbonyl (C=O) groups excluding carboxylic acids is 1. The molecular formula is C13H12ClN3O3. The second-order valence-corrected chi connectivity index (χ2v) is 4.30. The molecule has 2 aromatic rings. The van der Waals surface area contributed by atoms with Gasteiger partial charge in [-0.15, -0.1) is 0 Å². The standard InChI is InChI=1S/C13H12ClN3O3/c1-20-12-7-10(14)15-13(17-12)16-11(19)6-8-4-2-3-5-9(8)18/h2-5,7,18H,6H2,1H3,(H,15,16,17,19). The number of carbonyl (C=O) groups is 1. The van der Waals surface area contributed by atoms with Crippen molar-refractivity contribution in [1.29, 1.82) is 0 Å². The van der Waals surface area contributed by atoms with E-state index in [1.165, 1.54) is 19.2 Å². The molecule has 2 N–H and O–H groups in total. The van der Waals surface area contributed by atoms with Gasteiger partial charge in [0.2, 0.25) is 17.7 Å². The molecule has 1 aromatic carbocycles. The molecule has 20 heavy (non-hydrogen) atoms. The molecule has 0 saturated heterocycles. The van der Waals surface area contributed by atoms with Crippen LogP contribution in [0.1, 0.15) is 5.56 Å². The van der Waals surface area contributed by atoms with Gasteiger partial charge in [-0.1, -0.05) is 29.8 Å². The number of para-hydroxylation sites is 1. The molecule has 0 saturated carbocycles. The number of aromatic nitrogens is 2. The van der Waals surface area contributed by atoms with E-state index in [-0.39, 0.29) is 35.1 Å². The summed E-state index contributed by atoms with van der Waals surface area (Å²) in [5, 5.41) is 12.3. The van der Waals surface area contributed by atoms with Crippen molar-refractivity contribution in [3.8, 4) is 11.6 Å². The largest absolute Gasteiger partial charge is 0.508 e. The lowest BCUT2D eigenvalue weighted by molar-refractivity contribution is -0.115. The molecule has 1 aromatic heterocycles. The normalized spacial score (nSPS) is 10.1. The Balaban J connectivity index is 2.08. The highest BCUT2D eigenvalue weighted by molar-refractivity contribution is 6.29. The predicted molar refractivity (Wildman–Crippen MR) is 74.0 cm³/mol. The lowest BCUT2D eigenvalue weighted by Crippen LogP contribution is -2.16. The second kappa shape index (κ2) is 6.21. The van der Waals surface area contributed by atoms with Crippen LogP contribution < -0.4 is 10.1 Å². The average molecular weight is 294 g/mol. The first-order chi connectivity index (χ1) is 9.58. The van der Waals surface area contributed by atoms with Gasteiger partial charge in [-0.25, -0.2) is 4.98 Å². The number of methoxy groups -OCH3 is 1. The number of benzene rings is 1. The van der Waals surface area contributed by atoms with E-state index in [0.29, 0.717) is 5.56 Å². The summed E-state index contributed by atoms with van der Waals surface area (Å²) >= 11 is 5.78. The first-order valence-electron chi connectivity index (χ1n) is 5.74. The van der Waals surface area contributed by atoms with Gasteiger partial charge in [0, 0.05) is 11.6 Å². The fraction of sp³-hybridized carbons (Fsp3) is 0.154. The number of ether oxygens (including phenoxy) is 1. The topological polar surface area (TPSA) is 84.3 Å². The van der Waals surface area contributed by atoms with E-state index in [4.69, 9.17) is 16.3 Å². The minimum absolute atomic E-state index is 0.00482. The average Bonchev–Trinajstić information content (AvgIpc) is 2.40. The number of hydrogen-bond donors (Lipinski definition) is 2. The first-order valence-corrected chi connectivity index (χ1v) is 6.11. The minimum Gasteiger partial charge on any atom is -0.508 e. The van der Waals surface area contributed by atoms with Crippen molar-refractivity contribution in [2.45, 2.75) is 6.42 Å². The smallest absolute Gasteiger partial charge is 0.234 e. The molecule has 6 nitrogen and oxygen atoms in total. The van der Waals surface area contributed by atoms with E-state index in [1.54, 1.807) is 18.2 Å². The third kappa shape index (κ3) is 3.58. The van der Waals surface area contributed by atoms with Gasteiger partial charge in [0.05, 0.1) is 13.5 Å². The van der Waals surface area contributed by atoms with Crippen LogP contribution in [-0.4, -0.2) is 28.1 Å². The van der Waals surface area contributed by atoms with Crippen LogP contribution in [0.4, 0.5) is 5.95 Å². The molecule has 0 aliphatic carbocycles. The van der Waals surface area contributed by atoms with Crippen molar-refractivity contribution in [1.82, 2.24) is 9.97 Å². The molecule has 1 heterocycles. The molecule has 0 bridgehead atoms. The Kier molecular flexibility index (Phi) is 4.37. The second-order valence-electron chi connectivity index (χ2n) is 3.91. The summed E-state index contributed by atoms with van der Waals surface area (Å²) < 4.78 is 4.93. The maximum Gasteiger partial charge on any atom is 0.234 e. The minimum atomic E-state index is -0.365. The monoisotopic (exact) mass is 293 g/mol. The molecule has 0 unspecified atom stereocenters. The summed E-state index contributed by atoms with van der Waals surface area (Å²) in [7, 11) is 1.44. The number of aromatic hydroxyl groups is 1. The Morgan fingerprint density at radius 2 is 2.15 bits per heavy atom. The van der Waals surface area contributed by atoms with E-state index in [1.807, 2.05) is 0 Å². The SMILES string of the molecule is COc1cc(Cl)nc(NC(=O)Cc2ccccc2O)n1. The lowest BCUT2D eigenvalue weighted by Gasteiger charge is -2.07. The molecule has 104 valence electrons.